The zero-order chi connectivity index (χ0) is 17.6. The standard InChI is InChI=1S/C20H21N3O2/c1-15-13-18(22-25-15)21-20(24)19(17-11-7-4-8-12-17)23(2)14-16-9-5-3-6-10-16/h3-13,19H,14H2,1-2H3,(H,21,22,24). The molecule has 5 heteroatoms. The smallest absolute Gasteiger partial charge is 0.247 e. The number of likely N-dealkylation sites (N-methyl/N-ethyl adjacent to an activating group) is 1. The van der Waals surface area contributed by atoms with Crippen LogP contribution in [0.4, 0.5) is 5.82 Å². The van der Waals surface area contributed by atoms with Crippen molar-refractivity contribution in [3.8, 4) is 0 Å². The van der Waals surface area contributed by atoms with E-state index >= 15 is 0 Å². The molecule has 1 N–H and O–H groups in total. The molecule has 5 nitrogen and oxygen atoms in total. The lowest BCUT2D eigenvalue weighted by atomic mass is 10.0. The lowest BCUT2D eigenvalue weighted by Crippen LogP contribution is -2.34. The Balaban J connectivity index is 1.83. The molecule has 1 amide bonds. The van der Waals surface area contributed by atoms with Crippen molar-refractivity contribution in [1.82, 2.24) is 10.1 Å². The summed E-state index contributed by atoms with van der Waals surface area (Å²) in [6, 6.07) is 21.1. The molecule has 25 heavy (non-hydrogen) atoms. The molecule has 1 atom stereocenters. The number of carbonyl (C=O) groups is 1. The zero-order valence-electron chi connectivity index (χ0n) is 14.3. The third kappa shape index (κ3) is 4.33. The van der Waals surface area contributed by atoms with Crippen molar-refractivity contribution in [2.45, 2.75) is 19.5 Å². The molecule has 2 aromatic carbocycles. The van der Waals surface area contributed by atoms with Crippen molar-refractivity contribution in [2.24, 2.45) is 0 Å². The van der Waals surface area contributed by atoms with E-state index in [2.05, 4.69) is 22.6 Å². The molecule has 3 rings (SSSR count). The molecule has 1 unspecified atom stereocenters. The molecule has 0 fully saturated rings. The van der Waals surface area contributed by atoms with Crippen molar-refractivity contribution in [3.63, 3.8) is 0 Å². The van der Waals surface area contributed by atoms with Gasteiger partial charge in [0, 0.05) is 12.6 Å². The van der Waals surface area contributed by atoms with E-state index in [1.807, 2.05) is 60.5 Å². The predicted molar refractivity (Wildman–Crippen MR) is 97.0 cm³/mol. The summed E-state index contributed by atoms with van der Waals surface area (Å²) in [5.74, 6) is 0.943. The van der Waals surface area contributed by atoms with Gasteiger partial charge < -0.3 is 9.84 Å². The highest BCUT2D eigenvalue weighted by Crippen LogP contribution is 2.23. The fraction of sp³-hybridized carbons (Fsp3) is 0.200. The molecule has 0 spiro atoms. The van der Waals surface area contributed by atoms with Crippen LogP contribution in [0.2, 0.25) is 0 Å². The zero-order valence-corrected chi connectivity index (χ0v) is 14.3. The van der Waals surface area contributed by atoms with Crippen LogP contribution in [0.15, 0.2) is 71.3 Å². The van der Waals surface area contributed by atoms with Gasteiger partial charge in [-0.15, -0.1) is 0 Å². The SMILES string of the molecule is Cc1cc(NC(=O)C(c2ccccc2)N(C)Cc2ccccc2)no1. The molecule has 128 valence electrons. The average Bonchev–Trinajstić information content (AvgIpc) is 3.01. The summed E-state index contributed by atoms with van der Waals surface area (Å²) in [5, 5.41) is 6.69. The van der Waals surface area contributed by atoms with Gasteiger partial charge in [-0.3, -0.25) is 9.69 Å². The minimum atomic E-state index is -0.432. The van der Waals surface area contributed by atoms with Crippen LogP contribution in [-0.2, 0) is 11.3 Å². The number of nitrogens with one attached hydrogen (secondary N) is 1. The van der Waals surface area contributed by atoms with E-state index < -0.39 is 6.04 Å². The van der Waals surface area contributed by atoms with E-state index in [1.165, 1.54) is 0 Å². The first kappa shape index (κ1) is 16.9. The second kappa shape index (κ2) is 7.77. The van der Waals surface area contributed by atoms with Crippen LogP contribution in [0, 0.1) is 6.92 Å². The maximum absolute atomic E-state index is 12.9. The van der Waals surface area contributed by atoms with E-state index in [0.29, 0.717) is 18.1 Å². The normalized spacial score (nSPS) is 12.1. The molecule has 0 saturated carbocycles. The molecule has 0 radical (unpaired) electrons. The maximum Gasteiger partial charge on any atom is 0.247 e. The molecular formula is C20H21N3O2. The van der Waals surface area contributed by atoms with E-state index in [1.54, 1.807) is 13.0 Å². The summed E-state index contributed by atoms with van der Waals surface area (Å²) in [4.78, 5) is 14.9. The molecule has 3 aromatic rings. The highest BCUT2D eigenvalue weighted by Gasteiger charge is 2.26. The Bertz CT molecular complexity index is 815. The lowest BCUT2D eigenvalue weighted by molar-refractivity contribution is -0.121. The molecule has 1 heterocycles. The van der Waals surface area contributed by atoms with Gasteiger partial charge in [0.1, 0.15) is 11.8 Å². The molecule has 0 aliphatic rings. The van der Waals surface area contributed by atoms with Crippen molar-refractivity contribution >= 4 is 11.7 Å². The van der Waals surface area contributed by atoms with E-state index in [-0.39, 0.29) is 5.91 Å². The highest BCUT2D eigenvalue weighted by molar-refractivity contribution is 5.94. The Morgan fingerprint density at radius 3 is 2.36 bits per heavy atom. The van der Waals surface area contributed by atoms with Gasteiger partial charge >= 0.3 is 0 Å². The number of amides is 1. The number of hydrogen-bond acceptors (Lipinski definition) is 4. The number of rotatable bonds is 6. The van der Waals surface area contributed by atoms with E-state index in [9.17, 15) is 4.79 Å². The Kier molecular flexibility index (Phi) is 5.26. The fourth-order valence-electron chi connectivity index (χ4n) is 2.82. The van der Waals surface area contributed by atoms with Gasteiger partial charge in [-0.2, -0.15) is 0 Å². The number of anilines is 1. The molecule has 1 aromatic heterocycles. The largest absolute Gasteiger partial charge is 0.360 e. The van der Waals surface area contributed by atoms with Gasteiger partial charge in [0.25, 0.3) is 0 Å². The second-order valence-corrected chi connectivity index (χ2v) is 6.03. The minimum Gasteiger partial charge on any atom is -0.360 e. The van der Waals surface area contributed by atoms with Gasteiger partial charge in [0.05, 0.1) is 0 Å². The molecule has 0 bridgehead atoms. The predicted octanol–water partition coefficient (Wildman–Crippen LogP) is 3.79. The van der Waals surface area contributed by atoms with Crippen molar-refractivity contribution in [2.75, 3.05) is 12.4 Å². The van der Waals surface area contributed by atoms with Gasteiger partial charge in [-0.05, 0) is 25.1 Å². The maximum atomic E-state index is 12.9. The number of carbonyl (C=O) groups excluding carboxylic acids is 1. The third-order valence-corrected chi connectivity index (χ3v) is 3.96. The number of aryl methyl sites for hydroxylation is 1. The summed E-state index contributed by atoms with van der Waals surface area (Å²) in [5.41, 5.74) is 2.08. The second-order valence-electron chi connectivity index (χ2n) is 6.03. The number of aromatic nitrogens is 1. The Labute approximate surface area is 147 Å². The first-order valence-corrected chi connectivity index (χ1v) is 8.17. The fourth-order valence-corrected chi connectivity index (χ4v) is 2.82. The Morgan fingerprint density at radius 1 is 1.12 bits per heavy atom. The monoisotopic (exact) mass is 335 g/mol. The van der Waals surface area contributed by atoms with Crippen molar-refractivity contribution < 1.29 is 9.32 Å². The van der Waals surface area contributed by atoms with Crippen LogP contribution in [0.1, 0.15) is 22.9 Å². The average molecular weight is 335 g/mol. The highest BCUT2D eigenvalue weighted by atomic mass is 16.5. The van der Waals surface area contributed by atoms with Gasteiger partial charge in [0.15, 0.2) is 5.82 Å². The van der Waals surface area contributed by atoms with Crippen LogP contribution >= 0.6 is 0 Å². The van der Waals surface area contributed by atoms with Crippen LogP contribution in [0.5, 0.6) is 0 Å². The van der Waals surface area contributed by atoms with Gasteiger partial charge in [-0.25, -0.2) is 0 Å². The third-order valence-electron chi connectivity index (χ3n) is 3.96. The van der Waals surface area contributed by atoms with Crippen LogP contribution in [0.25, 0.3) is 0 Å². The topological polar surface area (TPSA) is 58.4 Å². The molecular weight excluding hydrogens is 314 g/mol. The molecule has 0 aliphatic carbocycles. The first-order valence-electron chi connectivity index (χ1n) is 8.17. The van der Waals surface area contributed by atoms with Gasteiger partial charge in [-0.1, -0.05) is 65.8 Å². The van der Waals surface area contributed by atoms with Crippen LogP contribution in [0.3, 0.4) is 0 Å². The minimum absolute atomic E-state index is 0.141. The summed E-state index contributed by atoms with van der Waals surface area (Å²) < 4.78 is 5.03. The van der Waals surface area contributed by atoms with Crippen LogP contribution in [-0.4, -0.2) is 23.0 Å². The summed E-state index contributed by atoms with van der Waals surface area (Å²) in [6.45, 7) is 2.45. The van der Waals surface area contributed by atoms with Crippen LogP contribution < -0.4 is 5.32 Å². The molecule has 0 saturated heterocycles. The van der Waals surface area contributed by atoms with Crippen molar-refractivity contribution in [3.05, 3.63) is 83.6 Å². The molecule has 0 aliphatic heterocycles. The summed E-state index contributed by atoms with van der Waals surface area (Å²) >= 11 is 0. The van der Waals surface area contributed by atoms with Gasteiger partial charge in [0.2, 0.25) is 5.91 Å². The number of hydrogen-bond donors (Lipinski definition) is 1. The lowest BCUT2D eigenvalue weighted by Gasteiger charge is -2.27. The summed E-state index contributed by atoms with van der Waals surface area (Å²) in [6.07, 6.45) is 0. The Morgan fingerprint density at radius 2 is 1.76 bits per heavy atom. The van der Waals surface area contributed by atoms with Crippen molar-refractivity contribution in [1.29, 1.82) is 0 Å². The van der Waals surface area contributed by atoms with E-state index in [4.69, 9.17) is 4.52 Å². The summed E-state index contributed by atoms with van der Waals surface area (Å²) in [7, 11) is 1.94. The van der Waals surface area contributed by atoms with E-state index in [0.717, 1.165) is 11.1 Å². The Hall–Kier alpha value is -2.92. The number of nitrogens with zero attached hydrogens (tertiary/aromatic N) is 2. The quantitative estimate of drug-likeness (QED) is 0.744. The first-order chi connectivity index (χ1) is 12.1. The number of benzene rings is 2.